The molecule has 0 aliphatic heterocycles. The zero-order valence-corrected chi connectivity index (χ0v) is 11.3. The van der Waals surface area contributed by atoms with Gasteiger partial charge in [0.1, 0.15) is 11.3 Å². The summed E-state index contributed by atoms with van der Waals surface area (Å²) in [6.07, 6.45) is 0. The van der Waals surface area contributed by atoms with Crippen molar-refractivity contribution in [2.45, 2.75) is 6.92 Å². The lowest BCUT2D eigenvalue weighted by molar-refractivity contribution is 0.0693. The fraction of sp³-hybridized carbons (Fsp3) is 0.0667. The van der Waals surface area contributed by atoms with E-state index in [1.165, 1.54) is 12.1 Å². The molecule has 21 heavy (non-hydrogen) atoms. The number of aromatic hydroxyl groups is 1. The Hall–Kier alpha value is -3.02. The Morgan fingerprint density at radius 3 is 2.43 bits per heavy atom. The summed E-state index contributed by atoms with van der Waals surface area (Å²) in [5, 5.41) is 21.0. The number of benzene rings is 2. The van der Waals surface area contributed by atoms with Gasteiger partial charge in [0.25, 0.3) is 5.91 Å². The highest BCUT2D eigenvalue weighted by Crippen LogP contribution is 2.21. The van der Waals surface area contributed by atoms with Crippen molar-refractivity contribution in [2.24, 2.45) is 0 Å². The summed E-state index contributed by atoms with van der Waals surface area (Å²) in [5.41, 5.74) is 7.61. The fourth-order valence-electron chi connectivity index (χ4n) is 1.81. The molecule has 2 aromatic rings. The highest BCUT2D eigenvalue weighted by molar-refractivity contribution is 6.05. The highest BCUT2D eigenvalue weighted by atomic mass is 16.4. The molecule has 0 aromatic heterocycles. The topological polar surface area (TPSA) is 113 Å². The summed E-state index contributed by atoms with van der Waals surface area (Å²) in [5.74, 6) is -2.16. The Morgan fingerprint density at radius 2 is 1.86 bits per heavy atom. The first-order valence-corrected chi connectivity index (χ1v) is 6.12. The normalized spacial score (nSPS) is 10.1. The number of hydrogen-bond donors (Lipinski definition) is 4. The maximum Gasteiger partial charge on any atom is 0.339 e. The standard InChI is InChI=1S/C15H14N2O4/c1-8-6-10(3-5-12(8)16)17-14(19)9-2-4-11(15(20)21)13(18)7-9/h2-7,18H,16H2,1H3,(H,17,19)(H,20,21). The van der Waals surface area contributed by atoms with E-state index in [0.29, 0.717) is 11.4 Å². The van der Waals surface area contributed by atoms with Crippen LogP contribution in [0.2, 0.25) is 0 Å². The molecule has 108 valence electrons. The van der Waals surface area contributed by atoms with Gasteiger partial charge < -0.3 is 21.3 Å². The third-order valence-electron chi connectivity index (χ3n) is 3.02. The van der Waals surface area contributed by atoms with E-state index in [1.54, 1.807) is 18.2 Å². The van der Waals surface area contributed by atoms with Crippen LogP contribution in [0.1, 0.15) is 26.3 Å². The van der Waals surface area contributed by atoms with Crippen molar-refractivity contribution in [3.63, 3.8) is 0 Å². The van der Waals surface area contributed by atoms with E-state index in [9.17, 15) is 14.7 Å². The zero-order valence-electron chi connectivity index (χ0n) is 11.3. The summed E-state index contributed by atoms with van der Waals surface area (Å²) in [6, 6.07) is 8.69. The average Bonchev–Trinajstić information content (AvgIpc) is 2.42. The van der Waals surface area contributed by atoms with Gasteiger partial charge in [-0.1, -0.05) is 0 Å². The number of amides is 1. The molecule has 0 unspecified atom stereocenters. The first kappa shape index (κ1) is 14.4. The number of aryl methyl sites for hydroxylation is 1. The lowest BCUT2D eigenvalue weighted by Crippen LogP contribution is -2.12. The number of rotatable bonds is 3. The van der Waals surface area contributed by atoms with Crippen LogP contribution in [0.4, 0.5) is 11.4 Å². The number of aromatic carboxylic acids is 1. The number of carboxylic acid groups (broad SMARTS) is 1. The van der Waals surface area contributed by atoms with E-state index < -0.39 is 17.6 Å². The molecule has 2 rings (SSSR count). The quantitative estimate of drug-likeness (QED) is 0.646. The Morgan fingerprint density at radius 1 is 1.14 bits per heavy atom. The zero-order chi connectivity index (χ0) is 15.6. The van der Waals surface area contributed by atoms with Crippen LogP contribution >= 0.6 is 0 Å². The predicted molar refractivity (Wildman–Crippen MR) is 78.6 cm³/mol. The Kier molecular flexibility index (Phi) is 3.80. The molecule has 0 fully saturated rings. The summed E-state index contributed by atoms with van der Waals surface area (Å²) in [4.78, 5) is 22.8. The molecule has 0 aliphatic carbocycles. The molecule has 0 atom stereocenters. The molecule has 0 heterocycles. The van der Waals surface area contributed by atoms with Crippen LogP contribution in [0.3, 0.4) is 0 Å². The summed E-state index contributed by atoms with van der Waals surface area (Å²) < 4.78 is 0. The molecular formula is C15H14N2O4. The van der Waals surface area contributed by atoms with Gasteiger partial charge in [-0.05, 0) is 48.9 Å². The minimum absolute atomic E-state index is 0.159. The number of hydrogen-bond acceptors (Lipinski definition) is 4. The van der Waals surface area contributed by atoms with Crippen LogP contribution < -0.4 is 11.1 Å². The van der Waals surface area contributed by atoms with Crippen LogP contribution in [0, 0.1) is 6.92 Å². The number of carbonyl (C=O) groups is 2. The molecule has 6 nitrogen and oxygen atoms in total. The minimum Gasteiger partial charge on any atom is -0.507 e. The SMILES string of the molecule is Cc1cc(NC(=O)c2ccc(C(=O)O)c(O)c2)ccc1N. The number of nitrogen functional groups attached to an aromatic ring is 1. The maximum absolute atomic E-state index is 12.0. The van der Waals surface area contributed by atoms with Crippen molar-refractivity contribution in [3.8, 4) is 5.75 Å². The van der Waals surface area contributed by atoms with Gasteiger partial charge in [-0.15, -0.1) is 0 Å². The largest absolute Gasteiger partial charge is 0.507 e. The summed E-state index contributed by atoms with van der Waals surface area (Å²) in [6.45, 7) is 1.82. The average molecular weight is 286 g/mol. The van der Waals surface area contributed by atoms with Crippen LogP contribution in [-0.4, -0.2) is 22.1 Å². The summed E-state index contributed by atoms with van der Waals surface area (Å²) in [7, 11) is 0. The molecule has 1 amide bonds. The van der Waals surface area contributed by atoms with E-state index in [4.69, 9.17) is 10.8 Å². The molecular weight excluding hydrogens is 272 g/mol. The number of nitrogens with two attached hydrogens (primary N) is 1. The van der Waals surface area contributed by atoms with E-state index in [0.717, 1.165) is 11.6 Å². The molecule has 6 heteroatoms. The Labute approximate surface area is 120 Å². The van der Waals surface area contributed by atoms with Crippen molar-refractivity contribution in [3.05, 3.63) is 53.1 Å². The number of carbonyl (C=O) groups excluding carboxylic acids is 1. The van der Waals surface area contributed by atoms with Crippen molar-refractivity contribution in [2.75, 3.05) is 11.1 Å². The molecule has 2 aromatic carbocycles. The maximum atomic E-state index is 12.0. The van der Waals surface area contributed by atoms with Gasteiger partial charge in [0.05, 0.1) is 0 Å². The van der Waals surface area contributed by atoms with Crippen molar-refractivity contribution in [1.82, 2.24) is 0 Å². The third kappa shape index (κ3) is 3.11. The number of nitrogens with one attached hydrogen (secondary N) is 1. The monoisotopic (exact) mass is 286 g/mol. The Balaban J connectivity index is 2.22. The van der Waals surface area contributed by atoms with Crippen LogP contribution in [-0.2, 0) is 0 Å². The molecule has 0 saturated heterocycles. The van der Waals surface area contributed by atoms with E-state index in [1.807, 2.05) is 6.92 Å². The summed E-state index contributed by atoms with van der Waals surface area (Å²) >= 11 is 0. The molecule has 5 N–H and O–H groups in total. The van der Waals surface area contributed by atoms with E-state index >= 15 is 0 Å². The van der Waals surface area contributed by atoms with Crippen molar-refractivity contribution < 1.29 is 19.8 Å². The second-order valence-corrected chi connectivity index (χ2v) is 4.56. The highest BCUT2D eigenvalue weighted by Gasteiger charge is 2.13. The molecule has 0 bridgehead atoms. The lowest BCUT2D eigenvalue weighted by Gasteiger charge is -2.08. The lowest BCUT2D eigenvalue weighted by atomic mass is 10.1. The van der Waals surface area contributed by atoms with Crippen LogP contribution in [0.25, 0.3) is 0 Å². The Bertz CT molecular complexity index is 726. The molecule has 0 aliphatic rings. The van der Waals surface area contributed by atoms with Crippen molar-refractivity contribution >= 4 is 23.3 Å². The van der Waals surface area contributed by atoms with Gasteiger partial charge in [0, 0.05) is 16.9 Å². The van der Waals surface area contributed by atoms with Crippen molar-refractivity contribution in [1.29, 1.82) is 0 Å². The number of phenols is 1. The predicted octanol–water partition coefficient (Wildman–Crippen LogP) is 2.23. The van der Waals surface area contributed by atoms with Gasteiger partial charge in [0.2, 0.25) is 0 Å². The van der Waals surface area contributed by atoms with Crippen LogP contribution in [0.15, 0.2) is 36.4 Å². The van der Waals surface area contributed by atoms with Gasteiger partial charge in [-0.2, -0.15) is 0 Å². The van der Waals surface area contributed by atoms with Gasteiger partial charge in [-0.3, -0.25) is 4.79 Å². The molecule has 0 spiro atoms. The second kappa shape index (κ2) is 5.54. The second-order valence-electron chi connectivity index (χ2n) is 4.56. The minimum atomic E-state index is -1.26. The van der Waals surface area contributed by atoms with Gasteiger partial charge in [-0.25, -0.2) is 4.79 Å². The smallest absolute Gasteiger partial charge is 0.339 e. The van der Waals surface area contributed by atoms with Gasteiger partial charge >= 0.3 is 5.97 Å². The van der Waals surface area contributed by atoms with Gasteiger partial charge in [0.15, 0.2) is 0 Å². The molecule has 0 radical (unpaired) electrons. The molecule has 0 saturated carbocycles. The number of carboxylic acids is 1. The number of anilines is 2. The fourth-order valence-corrected chi connectivity index (χ4v) is 1.81. The first-order chi connectivity index (χ1) is 9.88. The first-order valence-electron chi connectivity index (χ1n) is 6.12. The van der Waals surface area contributed by atoms with Crippen LogP contribution in [0.5, 0.6) is 5.75 Å². The third-order valence-corrected chi connectivity index (χ3v) is 3.02. The van der Waals surface area contributed by atoms with E-state index in [-0.39, 0.29) is 11.1 Å². The van der Waals surface area contributed by atoms with E-state index in [2.05, 4.69) is 5.32 Å².